The molecule has 0 saturated heterocycles. The molecule has 0 aliphatic heterocycles. The molecule has 7 nitrogen and oxygen atoms in total. The van der Waals surface area contributed by atoms with Crippen LogP contribution in [0.1, 0.15) is 37.2 Å². The Morgan fingerprint density at radius 1 is 0.969 bits per heavy atom. The minimum absolute atomic E-state index is 0.240. The maximum Gasteiger partial charge on any atom is 0.276 e. The van der Waals surface area contributed by atoms with Crippen LogP contribution < -0.4 is 5.32 Å². The number of para-hydroxylation sites is 1. The predicted molar refractivity (Wildman–Crippen MR) is 129 cm³/mol. The summed E-state index contributed by atoms with van der Waals surface area (Å²) in [5.74, 6) is -0.361. The van der Waals surface area contributed by atoms with Crippen LogP contribution in [0.15, 0.2) is 59.5 Å². The SMILES string of the molecule is CCCN(CCC)S(=O)(=O)c1ccc2nc(NC(=O)c3ccc4ccccc4n3)sc2c1. The summed E-state index contributed by atoms with van der Waals surface area (Å²) in [7, 11) is -3.58. The van der Waals surface area contributed by atoms with Gasteiger partial charge in [0, 0.05) is 18.5 Å². The molecule has 1 N–H and O–H groups in total. The molecule has 0 aliphatic carbocycles. The van der Waals surface area contributed by atoms with Gasteiger partial charge in [0.2, 0.25) is 10.0 Å². The molecule has 0 atom stereocenters. The molecule has 2 aromatic carbocycles. The number of fused-ring (bicyclic) bond motifs is 2. The molecule has 9 heteroatoms. The van der Waals surface area contributed by atoms with Gasteiger partial charge in [0.15, 0.2) is 5.13 Å². The standard InChI is InChI=1S/C23H24N4O3S2/c1-3-13-27(14-4-2)32(29,30)17-10-12-19-21(15-17)31-23(25-19)26-22(28)20-11-9-16-7-5-6-8-18(16)24-20/h5-12,15H,3-4,13-14H2,1-2H3,(H,25,26,28). The lowest BCUT2D eigenvalue weighted by atomic mass is 10.2. The zero-order valence-electron chi connectivity index (χ0n) is 17.9. The number of hydrogen-bond acceptors (Lipinski definition) is 6. The van der Waals surface area contributed by atoms with Crippen molar-refractivity contribution in [2.24, 2.45) is 0 Å². The van der Waals surface area contributed by atoms with E-state index in [2.05, 4.69) is 15.3 Å². The fourth-order valence-corrected chi connectivity index (χ4v) is 6.10. The van der Waals surface area contributed by atoms with Crippen LogP contribution in [0.2, 0.25) is 0 Å². The number of amides is 1. The van der Waals surface area contributed by atoms with Crippen molar-refractivity contribution in [2.75, 3.05) is 18.4 Å². The highest BCUT2D eigenvalue weighted by molar-refractivity contribution is 7.89. The second kappa shape index (κ2) is 9.32. The molecule has 0 bridgehead atoms. The normalized spacial score (nSPS) is 12.0. The number of nitrogens with one attached hydrogen (secondary N) is 1. The Kier molecular flexibility index (Phi) is 6.50. The lowest BCUT2D eigenvalue weighted by Crippen LogP contribution is -2.32. The van der Waals surface area contributed by atoms with Crippen LogP contribution in [-0.4, -0.2) is 41.7 Å². The van der Waals surface area contributed by atoms with E-state index in [0.717, 1.165) is 23.7 Å². The maximum absolute atomic E-state index is 13.1. The van der Waals surface area contributed by atoms with Crippen molar-refractivity contribution in [2.45, 2.75) is 31.6 Å². The molecule has 0 spiro atoms. The summed E-state index contributed by atoms with van der Waals surface area (Å²) in [6, 6.07) is 16.0. The summed E-state index contributed by atoms with van der Waals surface area (Å²) in [6.45, 7) is 4.89. The number of sulfonamides is 1. The third kappa shape index (κ3) is 4.50. The van der Waals surface area contributed by atoms with Gasteiger partial charge in [0.25, 0.3) is 5.91 Å². The number of anilines is 1. The Bertz CT molecular complexity index is 1380. The molecule has 0 saturated carbocycles. The van der Waals surface area contributed by atoms with Crippen molar-refractivity contribution in [1.82, 2.24) is 14.3 Å². The zero-order chi connectivity index (χ0) is 22.7. The molecule has 0 unspecified atom stereocenters. The average molecular weight is 469 g/mol. The Labute approximate surface area is 191 Å². The highest BCUT2D eigenvalue weighted by Crippen LogP contribution is 2.29. The van der Waals surface area contributed by atoms with Crippen molar-refractivity contribution in [1.29, 1.82) is 0 Å². The van der Waals surface area contributed by atoms with Crippen LogP contribution in [0.4, 0.5) is 5.13 Å². The van der Waals surface area contributed by atoms with Gasteiger partial charge in [-0.1, -0.05) is 49.4 Å². The van der Waals surface area contributed by atoms with E-state index < -0.39 is 10.0 Å². The van der Waals surface area contributed by atoms with E-state index in [0.29, 0.717) is 34.1 Å². The highest BCUT2D eigenvalue weighted by Gasteiger charge is 2.24. The molecule has 0 aliphatic rings. The number of rotatable bonds is 8. The molecular weight excluding hydrogens is 444 g/mol. The van der Waals surface area contributed by atoms with Gasteiger partial charge in [-0.3, -0.25) is 10.1 Å². The topological polar surface area (TPSA) is 92.3 Å². The number of nitrogens with zero attached hydrogens (tertiary/aromatic N) is 3. The first-order valence-electron chi connectivity index (χ1n) is 10.5. The molecule has 0 fully saturated rings. The van der Waals surface area contributed by atoms with Gasteiger partial charge in [-0.05, 0) is 43.2 Å². The largest absolute Gasteiger partial charge is 0.296 e. The Hall–Kier alpha value is -2.88. The Balaban J connectivity index is 1.59. The van der Waals surface area contributed by atoms with Gasteiger partial charge in [-0.2, -0.15) is 4.31 Å². The van der Waals surface area contributed by atoms with E-state index in [9.17, 15) is 13.2 Å². The quantitative estimate of drug-likeness (QED) is 0.397. The summed E-state index contributed by atoms with van der Waals surface area (Å²) < 4.78 is 28.3. The summed E-state index contributed by atoms with van der Waals surface area (Å²) in [5, 5.41) is 4.13. The number of carbonyl (C=O) groups excluding carboxylic acids is 1. The number of benzene rings is 2. The van der Waals surface area contributed by atoms with Crippen LogP contribution in [0.5, 0.6) is 0 Å². The molecule has 166 valence electrons. The Morgan fingerprint density at radius 2 is 1.72 bits per heavy atom. The smallest absolute Gasteiger partial charge is 0.276 e. The summed E-state index contributed by atoms with van der Waals surface area (Å²) >= 11 is 1.24. The summed E-state index contributed by atoms with van der Waals surface area (Å²) in [5.41, 5.74) is 1.66. The van der Waals surface area contributed by atoms with Gasteiger partial charge in [0.1, 0.15) is 5.69 Å². The van der Waals surface area contributed by atoms with Gasteiger partial charge < -0.3 is 0 Å². The maximum atomic E-state index is 13.1. The Morgan fingerprint density at radius 3 is 2.47 bits per heavy atom. The average Bonchev–Trinajstić information content (AvgIpc) is 3.20. The summed E-state index contributed by atoms with van der Waals surface area (Å²) in [4.78, 5) is 21.8. The first-order chi connectivity index (χ1) is 15.4. The van der Waals surface area contributed by atoms with Crippen molar-refractivity contribution >= 4 is 53.5 Å². The highest BCUT2D eigenvalue weighted by atomic mass is 32.2. The van der Waals surface area contributed by atoms with Crippen LogP contribution in [0.25, 0.3) is 21.1 Å². The molecular formula is C23H24N4O3S2. The van der Waals surface area contributed by atoms with Gasteiger partial charge in [0.05, 0.1) is 20.6 Å². The number of aromatic nitrogens is 2. The lowest BCUT2D eigenvalue weighted by Gasteiger charge is -2.20. The van der Waals surface area contributed by atoms with E-state index in [1.54, 1.807) is 24.3 Å². The second-order valence-electron chi connectivity index (χ2n) is 7.40. The third-order valence-corrected chi connectivity index (χ3v) is 7.82. The first kappa shape index (κ1) is 22.3. The minimum atomic E-state index is -3.58. The van der Waals surface area contributed by atoms with Crippen molar-refractivity contribution in [3.8, 4) is 0 Å². The molecule has 4 aromatic rings. The van der Waals surface area contributed by atoms with E-state index in [4.69, 9.17) is 0 Å². The van der Waals surface area contributed by atoms with Crippen LogP contribution in [0, 0.1) is 0 Å². The zero-order valence-corrected chi connectivity index (χ0v) is 19.5. The molecule has 4 rings (SSSR count). The monoisotopic (exact) mass is 468 g/mol. The van der Waals surface area contributed by atoms with E-state index in [-0.39, 0.29) is 10.8 Å². The molecule has 0 radical (unpaired) electrons. The number of carbonyl (C=O) groups is 1. The van der Waals surface area contributed by atoms with Gasteiger partial charge in [-0.25, -0.2) is 18.4 Å². The lowest BCUT2D eigenvalue weighted by molar-refractivity contribution is 0.102. The number of thiazole rings is 1. The van der Waals surface area contributed by atoms with Gasteiger partial charge >= 0.3 is 0 Å². The van der Waals surface area contributed by atoms with E-state index >= 15 is 0 Å². The molecule has 2 heterocycles. The minimum Gasteiger partial charge on any atom is -0.296 e. The molecule has 32 heavy (non-hydrogen) atoms. The predicted octanol–water partition coefficient (Wildman–Crippen LogP) is 4.91. The number of pyridine rings is 1. The van der Waals surface area contributed by atoms with Crippen LogP contribution in [0.3, 0.4) is 0 Å². The first-order valence-corrected chi connectivity index (χ1v) is 12.8. The van der Waals surface area contributed by atoms with Gasteiger partial charge in [-0.15, -0.1) is 0 Å². The fourth-order valence-electron chi connectivity index (χ4n) is 3.47. The van der Waals surface area contributed by atoms with Crippen LogP contribution >= 0.6 is 11.3 Å². The number of hydrogen-bond donors (Lipinski definition) is 1. The molecule has 2 aromatic heterocycles. The van der Waals surface area contributed by atoms with Crippen molar-refractivity contribution in [3.63, 3.8) is 0 Å². The second-order valence-corrected chi connectivity index (χ2v) is 10.4. The van der Waals surface area contributed by atoms with Crippen molar-refractivity contribution < 1.29 is 13.2 Å². The van der Waals surface area contributed by atoms with E-state index in [1.807, 2.05) is 44.2 Å². The fraction of sp³-hybridized carbons (Fsp3) is 0.261. The van der Waals surface area contributed by atoms with Crippen LogP contribution in [-0.2, 0) is 10.0 Å². The van der Waals surface area contributed by atoms with E-state index in [1.165, 1.54) is 15.6 Å². The summed E-state index contributed by atoms with van der Waals surface area (Å²) in [6.07, 6.45) is 1.50. The van der Waals surface area contributed by atoms with Crippen molar-refractivity contribution in [3.05, 3.63) is 60.3 Å². The molecule has 1 amide bonds. The third-order valence-electron chi connectivity index (χ3n) is 5.00.